The summed E-state index contributed by atoms with van der Waals surface area (Å²) >= 11 is 2.20. The number of amides is 1. The van der Waals surface area contributed by atoms with Crippen molar-refractivity contribution in [3.8, 4) is 0 Å². The molecule has 0 aromatic heterocycles. The van der Waals surface area contributed by atoms with Crippen molar-refractivity contribution in [3.63, 3.8) is 0 Å². The van der Waals surface area contributed by atoms with Crippen molar-refractivity contribution in [2.45, 2.75) is 26.0 Å². The van der Waals surface area contributed by atoms with E-state index in [1.807, 2.05) is 62.4 Å². The fourth-order valence-electron chi connectivity index (χ4n) is 2.33. The van der Waals surface area contributed by atoms with Crippen molar-refractivity contribution < 1.29 is 9.90 Å². The van der Waals surface area contributed by atoms with Gasteiger partial charge in [-0.15, -0.1) is 0 Å². The molecule has 0 heterocycles. The van der Waals surface area contributed by atoms with Gasteiger partial charge in [0.2, 0.25) is 0 Å². The summed E-state index contributed by atoms with van der Waals surface area (Å²) in [5.74, 6) is -0.0735. The second kappa shape index (κ2) is 7.24. The summed E-state index contributed by atoms with van der Waals surface area (Å²) in [4.78, 5) is 14.3. The molecule has 22 heavy (non-hydrogen) atoms. The standard InChI is InChI=1S/C18H20INO2/c1-12-8-7-11-15(16(12)19)18(22)20(3)13(2)17(21)14-9-5-4-6-10-14/h4-11,13,17,21H,1-3H3/t13-,17?/m0/s1. The minimum atomic E-state index is -0.711. The number of benzene rings is 2. The van der Waals surface area contributed by atoms with Gasteiger partial charge in [-0.3, -0.25) is 4.79 Å². The van der Waals surface area contributed by atoms with E-state index in [-0.39, 0.29) is 11.9 Å². The van der Waals surface area contributed by atoms with Crippen molar-refractivity contribution >= 4 is 28.5 Å². The zero-order chi connectivity index (χ0) is 16.3. The predicted molar refractivity (Wildman–Crippen MR) is 96.9 cm³/mol. The van der Waals surface area contributed by atoms with Crippen LogP contribution in [0.3, 0.4) is 0 Å². The third kappa shape index (κ3) is 3.50. The molecular formula is C18H20INO2. The Kier molecular flexibility index (Phi) is 5.58. The van der Waals surface area contributed by atoms with Crippen LogP contribution >= 0.6 is 22.6 Å². The molecule has 3 nitrogen and oxygen atoms in total. The molecule has 1 amide bonds. The highest BCUT2D eigenvalue weighted by atomic mass is 127. The Morgan fingerprint density at radius 3 is 2.41 bits per heavy atom. The third-order valence-electron chi connectivity index (χ3n) is 3.95. The van der Waals surface area contributed by atoms with E-state index in [9.17, 15) is 9.90 Å². The Hall–Kier alpha value is -1.40. The molecule has 0 bridgehead atoms. The van der Waals surface area contributed by atoms with E-state index in [2.05, 4.69) is 22.6 Å². The van der Waals surface area contributed by atoms with Crippen LogP contribution in [-0.4, -0.2) is 29.0 Å². The first-order valence-electron chi connectivity index (χ1n) is 7.18. The van der Waals surface area contributed by atoms with Crippen LogP contribution in [0.4, 0.5) is 0 Å². The van der Waals surface area contributed by atoms with Gasteiger partial charge in [-0.25, -0.2) is 0 Å². The van der Waals surface area contributed by atoms with E-state index in [0.717, 1.165) is 14.7 Å². The molecule has 116 valence electrons. The van der Waals surface area contributed by atoms with Gasteiger partial charge in [-0.1, -0.05) is 42.5 Å². The van der Waals surface area contributed by atoms with Crippen LogP contribution in [0, 0.1) is 10.5 Å². The van der Waals surface area contributed by atoms with Crippen LogP contribution in [0.25, 0.3) is 0 Å². The Bertz CT molecular complexity index is 657. The lowest BCUT2D eigenvalue weighted by Crippen LogP contribution is -2.39. The van der Waals surface area contributed by atoms with E-state index in [4.69, 9.17) is 0 Å². The molecule has 0 aliphatic heterocycles. The van der Waals surface area contributed by atoms with Gasteiger partial charge in [-0.05, 0) is 53.6 Å². The van der Waals surface area contributed by atoms with E-state index in [1.165, 1.54) is 0 Å². The molecule has 1 unspecified atom stereocenters. The molecule has 0 radical (unpaired) electrons. The number of halogens is 1. The number of aliphatic hydroxyl groups excluding tert-OH is 1. The average molecular weight is 409 g/mol. The molecule has 2 aromatic rings. The summed E-state index contributed by atoms with van der Waals surface area (Å²) in [5.41, 5.74) is 2.57. The maximum atomic E-state index is 12.7. The molecule has 0 spiro atoms. The number of aliphatic hydroxyl groups is 1. The van der Waals surface area contributed by atoms with Gasteiger partial charge >= 0.3 is 0 Å². The molecule has 0 aliphatic carbocycles. The van der Waals surface area contributed by atoms with E-state index in [0.29, 0.717) is 5.56 Å². The van der Waals surface area contributed by atoms with E-state index in [1.54, 1.807) is 11.9 Å². The molecular weight excluding hydrogens is 389 g/mol. The van der Waals surface area contributed by atoms with E-state index >= 15 is 0 Å². The van der Waals surface area contributed by atoms with Gasteiger partial charge in [-0.2, -0.15) is 0 Å². The van der Waals surface area contributed by atoms with Crippen LogP contribution in [0.1, 0.15) is 34.5 Å². The smallest absolute Gasteiger partial charge is 0.255 e. The van der Waals surface area contributed by atoms with Gasteiger partial charge in [0.15, 0.2) is 0 Å². The molecule has 1 N–H and O–H groups in total. The van der Waals surface area contributed by atoms with Crippen LogP contribution < -0.4 is 0 Å². The topological polar surface area (TPSA) is 40.5 Å². The summed E-state index contributed by atoms with van der Waals surface area (Å²) in [6.07, 6.45) is -0.711. The maximum absolute atomic E-state index is 12.7. The fourth-order valence-corrected chi connectivity index (χ4v) is 2.92. The lowest BCUT2D eigenvalue weighted by atomic mass is 10.0. The number of hydrogen-bond acceptors (Lipinski definition) is 2. The minimum absolute atomic E-state index is 0.0735. The molecule has 0 fully saturated rings. The Morgan fingerprint density at radius 2 is 1.77 bits per heavy atom. The van der Waals surface area contributed by atoms with Gasteiger partial charge in [0.05, 0.1) is 17.7 Å². The molecule has 4 heteroatoms. The third-order valence-corrected chi connectivity index (χ3v) is 5.38. The molecule has 2 atom stereocenters. The molecule has 0 aliphatic rings. The molecule has 0 saturated heterocycles. The molecule has 2 aromatic carbocycles. The van der Waals surface area contributed by atoms with Crippen LogP contribution in [-0.2, 0) is 0 Å². The number of carbonyl (C=O) groups excluding carboxylic acids is 1. The monoisotopic (exact) mass is 409 g/mol. The van der Waals surface area contributed by atoms with Gasteiger partial charge < -0.3 is 10.0 Å². The predicted octanol–water partition coefficient (Wildman–Crippen LogP) is 3.79. The summed E-state index contributed by atoms with van der Waals surface area (Å²) in [6, 6.07) is 14.8. The molecule has 0 saturated carbocycles. The van der Waals surface area contributed by atoms with Crippen LogP contribution in [0.15, 0.2) is 48.5 Å². The van der Waals surface area contributed by atoms with Crippen LogP contribution in [0.5, 0.6) is 0 Å². The summed E-state index contributed by atoms with van der Waals surface area (Å²) in [6.45, 7) is 3.85. The lowest BCUT2D eigenvalue weighted by molar-refractivity contribution is 0.0486. The number of nitrogens with zero attached hydrogens (tertiary/aromatic N) is 1. The van der Waals surface area contributed by atoms with Gasteiger partial charge in [0.25, 0.3) is 5.91 Å². The first-order chi connectivity index (χ1) is 10.4. The second-order valence-electron chi connectivity index (χ2n) is 5.45. The average Bonchev–Trinajstić information content (AvgIpc) is 2.55. The first kappa shape index (κ1) is 17.0. The molecule has 2 rings (SSSR count). The summed E-state index contributed by atoms with van der Waals surface area (Å²) in [5, 5.41) is 10.5. The number of likely N-dealkylation sites (N-methyl/N-ethyl adjacent to an activating group) is 1. The summed E-state index contributed by atoms with van der Waals surface area (Å²) in [7, 11) is 1.73. The van der Waals surface area contributed by atoms with Crippen molar-refractivity contribution in [2.75, 3.05) is 7.05 Å². The Morgan fingerprint density at radius 1 is 1.14 bits per heavy atom. The fraction of sp³-hybridized carbons (Fsp3) is 0.278. The van der Waals surface area contributed by atoms with Crippen molar-refractivity contribution in [1.82, 2.24) is 4.90 Å². The largest absolute Gasteiger partial charge is 0.386 e. The van der Waals surface area contributed by atoms with Crippen LogP contribution in [0.2, 0.25) is 0 Å². The lowest BCUT2D eigenvalue weighted by Gasteiger charge is -2.29. The second-order valence-corrected chi connectivity index (χ2v) is 6.53. The quantitative estimate of drug-likeness (QED) is 0.781. The first-order valence-corrected chi connectivity index (χ1v) is 8.26. The number of rotatable bonds is 4. The Balaban J connectivity index is 2.21. The highest BCUT2D eigenvalue weighted by Crippen LogP contribution is 2.23. The SMILES string of the molecule is Cc1cccc(C(=O)N(C)[C@@H](C)C(O)c2ccccc2)c1I. The highest BCUT2D eigenvalue weighted by Gasteiger charge is 2.26. The maximum Gasteiger partial charge on any atom is 0.255 e. The highest BCUT2D eigenvalue weighted by molar-refractivity contribution is 14.1. The van der Waals surface area contributed by atoms with Crippen molar-refractivity contribution in [1.29, 1.82) is 0 Å². The zero-order valence-corrected chi connectivity index (χ0v) is 15.1. The van der Waals surface area contributed by atoms with Gasteiger partial charge in [0.1, 0.15) is 0 Å². The van der Waals surface area contributed by atoms with E-state index < -0.39 is 6.10 Å². The number of hydrogen-bond donors (Lipinski definition) is 1. The number of carbonyl (C=O) groups is 1. The number of aryl methyl sites for hydroxylation is 1. The normalized spacial score (nSPS) is 13.5. The Labute approximate surface area is 145 Å². The summed E-state index contributed by atoms with van der Waals surface area (Å²) < 4.78 is 0.957. The minimum Gasteiger partial charge on any atom is -0.386 e. The zero-order valence-electron chi connectivity index (χ0n) is 13.0. The van der Waals surface area contributed by atoms with Crippen molar-refractivity contribution in [3.05, 3.63) is 68.8 Å². The van der Waals surface area contributed by atoms with Crippen molar-refractivity contribution in [2.24, 2.45) is 0 Å². The van der Waals surface area contributed by atoms with Gasteiger partial charge in [0, 0.05) is 10.6 Å².